The maximum atomic E-state index is 13.5. The van der Waals surface area contributed by atoms with E-state index >= 15 is 0 Å². The molecule has 1 aromatic carbocycles. The second-order valence-corrected chi connectivity index (χ2v) is 4.50. The van der Waals surface area contributed by atoms with E-state index in [4.69, 9.17) is 5.73 Å². The van der Waals surface area contributed by atoms with Gasteiger partial charge in [-0.05, 0) is 18.6 Å². The molecule has 7 heteroatoms. The van der Waals surface area contributed by atoms with Gasteiger partial charge in [0.1, 0.15) is 12.1 Å². The summed E-state index contributed by atoms with van der Waals surface area (Å²) in [7, 11) is 1.86. The van der Waals surface area contributed by atoms with E-state index in [2.05, 4.69) is 15.2 Å². The molecule has 0 radical (unpaired) electrons. The fourth-order valence-electron chi connectivity index (χ4n) is 2.03. The van der Waals surface area contributed by atoms with Crippen molar-refractivity contribution in [3.05, 3.63) is 35.7 Å². The molecule has 6 nitrogen and oxygen atoms in total. The highest BCUT2D eigenvalue weighted by Crippen LogP contribution is 2.22. The van der Waals surface area contributed by atoms with Gasteiger partial charge in [0.2, 0.25) is 5.95 Å². The van der Waals surface area contributed by atoms with Crippen molar-refractivity contribution in [1.82, 2.24) is 24.3 Å². The van der Waals surface area contributed by atoms with Crippen LogP contribution in [0.2, 0.25) is 0 Å². The maximum absolute atomic E-state index is 13.5. The van der Waals surface area contributed by atoms with E-state index in [1.807, 2.05) is 11.6 Å². The van der Waals surface area contributed by atoms with Crippen LogP contribution in [0.15, 0.2) is 18.5 Å². The molecule has 0 saturated heterocycles. The molecule has 19 heavy (non-hydrogen) atoms. The van der Waals surface area contributed by atoms with Crippen LogP contribution in [0.25, 0.3) is 11.0 Å². The minimum Gasteiger partial charge on any atom is -0.369 e. The summed E-state index contributed by atoms with van der Waals surface area (Å²) in [5.41, 5.74) is 7.79. The van der Waals surface area contributed by atoms with Gasteiger partial charge in [0.05, 0.1) is 17.6 Å². The smallest absolute Gasteiger partial charge is 0.201 e. The van der Waals surface area contributed by atoms with Crippen molar-refractivity contribution in [3.63, 3.8) is 0 Å². The summed E-state index contributed by atoms with van der Waals surface area (Å²) in [6.45, 7) is 2.16. The Bertz CT molecular complexity index is 757. The van der Waals surface area contributed by atoms with E-state index in [1.54, 1.807) is 23.9 Å². The summed E-state index contributed by atoms with van der Waals surface area (Å²) >= 11 is 0. The van der Waals surface area contributed by atoms with Gasteiger partial charge in [-0.15, -0.1) is 10.2 Å². The third kappa shape index (κ3) is 1.83. The van der Waals surface area contributed by atoms with Crippen LogP contribution < -0.4 is 5.73 Å². The Morgan fingerprint density at radius 1 is 1.37 bits per heavy atom. The van der Waals surface area contributed by atoms with Crippen LogP contribution in [0.4, 0.5) is 10.3 Å². The van der Waals surface area contributed by atoms with Crippen LogP contribution in [-0.2, 0) is 13.6 Å². The number of halogens is 1. The van der Waals surface area contributed by atoms with Gasteiger partial charge in [-0.1, -0.05) is 0 Å². The van der Waals surface area contributed by atoms with Crippen molar-refractivity contribution < 1.29 is 4.39 Å². The standard InChI is InChI=1S/C12H13FN6/c1-7-3-10-9(4-8(7)13)16-12(14)19(10)5-11-17-15-6-18(11)2/h3-4,6H,5H2,1-2H3,(H2,14,16). The number of anilines is 1. The van der Waals surface area contributed by atoms with Gasteiger partial charge in [0.15, 0.2) is 5.82 Å². The second kappa shape index (κ2) is 4.04. The summed E-state index contributed by atoms with van der Waals surface area (Å²) in [5.74, 6) is 0.812. The number of imidazole rings is 1. The third-order valence-electron chi connectivity index (χ3n) is 3.16. The number of aryl methyl sites for hydroxylation is 2. The first-order valence-corrected chi connectivity index (χ1v) is 5.81. The van der Waals surface area contributed by atoms with E-state index in [-0.39, 0.29) is 5.82 Å². The quantitative estimate of drug-likeness (QED) is 0.752. The van der Waals surface area contributed by atoms with Crippen molar-refractivity contribution in [2.75, 3.05) is 5.73 Å². The number of fused-ring (bicyclic) bond motifs is 1. The minimum atomic E-state index is -0.282. The molecule has 0 amide bonds. The van der Waals surface area contributed by atoms with E-state index in [0.29, 0.717) is 23.6 Å². The molecule has 0 atom stereocenters. The fraction of sp³-hybridized carbons (Fsp3) is 0.250. The predicted octanol–water partition coefficient (Wildman–Crippen LogP) is 1.24. The number of hydrogen-bond acceptors (Lipinski definition) is 4. The monoisotopic (exact) mass is 260 g/mol. The lowest BCUT2D eigenvalue weighted by molar-refractivity contribution is 0.620. The summed E-state index contributed by atoms with van der Waals surface area (Å²) in [6.07, 6.45) is 1.62. The molecule has 3 aromatic rings. The van der Waals surface area contributed by atoms with E-state index in [0.717, 1.165) is 11.3 Å². The van der Waals surface area contributed by atoms with Crippen LogP contribution in [0, 0.1) is 12.7 Å². The van der Waals surface area contributed by atoms with Crippen LogP contribution in [0.1, 0.15) is 11.4 Å². The van der Waals surface area contributed by atoms with Gasteiger partial charge >= 0.3 is 0 Å². The Kier molecular flexibility index (Phi) is 2.48. The highest BCUT2D eigenvalue weighted by Gasteiger charge is 2.13. The SMILES string of the molecule is Cc1cc2c(cc1F)nc(N)n2Cc1nncn1C. The molecule has 3 rings (SSSR count). The fourth-order valence-corrected chi connectivity index (χ4v) is 2.03. The molecule has 0 fully saturated rings. The second-order valence-electron chi connectivity index (χ2n) is 4.50. The summed E-state index contributed by atoms with van der Waals surface area (Å²) in [4.78, 5) is 4.17. The van der Waals surface area contributed by atoms with E-state index in [1.165, 1.54) is 6.07 Å². The average Bonchev–Trinajstić information content (AvgIpc) is 2.88. The molecule has 2 N–H and O–H groups in total. The molecule has 0 spiro atoms. The summed E-state index contributed by atoms with van der Waals surface area (Å²) in [6, 6.07) is 3.14. The third-order valence-corrected chi connectivity index (χ3v) is 3.16. The Balaban J connectivity index is 2.15. The lowest BCUT2D eigenvalue weighted by Gasteiger charge is -2.06. The number of nitrogen functional groups attached to an aromatic ring is 1. The Morgan fingerprint density at radius 3 is 2.84 bits per heavy atom. The van der Waals surface area contributed by atoms with E-state index < -0.39 is 0 Å². The molecular weight excluding hydrogens is 247 g/mol. The largest absolute Gasteiger partial charge is 0.369 e. The lowest BCUT2D eigenvalue weighted by Crippen LogP contribution is -2.08. The van der Waals surface area contributed by atoms with Crippen molar-refractivity contribution in [1.29, 1.82) is 0 Å². The van der Waals surface area contributed by atoms with Crippen molar-refractivity contribution >= 4 is 17.0 Å². The Labute approximate surface area is 108 Å². The number of nitrogens with zero attached hydrogens (tertiary/aromatic N) is 5. The highest BCUT2D eigenvalue weighted by atomic mass is 19.1. The van der Waals surface area contributed by atoms with Gasteiger partial charge < -0.3 is 14.9 Å². The molecule has 2 heterocycles. The van der Waals surface area contributed by atoms with Gasteiger partial charge in [0, 0.05) is 13.1 Å². The van der Waals surface area contributed by atoms with Crippen molar-refractivity contribution in [3.8, 4) is 0 Å². The summed E-state index contributed by atoms with van der Waals surface area (Å²) in [5, 5.41) is 7.84. The molecular formula is C12H13FN6. The van der Waals surface area contributed by atoms with E-state index in [9.17, 15) is 4.39 Å². The molecule has 0 bridgehead atoms. The van der Waals surface area contributed by atoms with Crippen LogP contribution >= 0.6 is 0 Å². The number of rotatable bonds is 2. The van der Waals surface area contributed by atoms with Gasteiger partial charge in [-0.3, -0.25) is 0 Å². The van der Waals surface area contributed by atoms with Crippen LogP contribution in [0.3, 0.4) is 0 Å². The zero-order chi connectivity index (χ0) is 13.6. The van der Waals surface area contributed by atoms with Crippen LogP contribution in [0.5, 0.6) is 0 Å². The molecule has 0 aliphatic heterocycles. The number of nitrogens with two attached hydrogens (primary N) is 1. The molecule has 0 unspecified atom stereocenters. The Morgan fingerprint density at radius 2 is 2.16 bits per heavy atom. The average molecular weight is 260 g/mol. The molecule has 2 aromatic heterocycles. The van der Waals surface area contributed by atoms with Gasteiger partial charge in [-0.25, -0.2) is 9.37 Å². The van der Waals surface area contributed by atoms with Crippen molar-refractivity contribution in [2.45, 2.75) is 13.5 Å². The Hall–Kier alpha value is -2.44. The normalized spacial score (nSPS) is 11.3. The molecule has 0 aliphatic rings. The van der Waals surface area contributed by atoms with Crippen molar-refractivity contribution in [2.24, 2.45) is 7.05 Å². The van der Waals surface area contributed by atoms with Crippen LogP contribution in [-0.4, -0.2) is 24.3 Å². The first-order valence-electron chi connectivity index (χ1n) is 5.81. The number of benzene rings is 1. The number of hydrogen-bond donors (Lipinski definition) is 1. The highest BCUT2D eigenvalue weighted by molar-refractivity contribution is 5.79. The lowest BCUT2D eigenvalue weighted by atomic mass is 10.2. The molecule has 0 saturated carbocycles. The zero-order valence-electron chi connectivity index (χ0n) is 10.6. The van der Waals surface area contributed by atoms with Gasteiger partial charge in [-0.2, -0.15) is 0 Å². The first kappa shape index (κ1) is 11.6. The maximum Gasteiger partial charge on any atom is 0.201 e. The zero-order valence-corrected chi connectivity index (χ0v) is 10.6. The first-order chi connectivity index (χ1) is 9.06. The van der Waals surface area contributed by atoms with Gasteiger partial charge in [0.25, 0.3) is 0 Å². The predicted molar refractivity (Wildman–Crippen MR) is 68.9 cm³/mol. The molecule has 98 valence electrons. The molecule has 0 aliphatic carbocycles. The minimum absolute atomic E-state index is 0.282. The topological polar surface area (TPSA) is 74.6 Å². The number of aromatic nitrogens is 5. The summed E-state index contributed by atoms with van der Waals surface area (Å²) < 4.78 is 17.1.